The molecule has 1 aromatic carbocycles. The van der Waals surface area contributed by atoms with E-state index < -0.39 is 28.0 Å². The van der Waals surface area contributed by atoms with Gasteiger partial charge < -0.3 is 20.1 Å². The molecule has 1 aromatic rings. The maximum Gasteiger partial charge on any atom is 0.250 e. The Hall–Kier alpha value is -1.13. The number of ether oxygens (including phenoxy) is 1. The summed E-state index contributed by atoms with van der Waals surface area (Å²) in [5, 5.41) is 13.7. The minimum absolute atomic E-state index is 0.152. The van der Waals surface area contributed by atoms with E-state index >= 15 is 0 Å². The standard InChI is InChI=1S/C18H26F2N2O4S/c1-27(24,25)14-4-2-13(3-5-14)10-21-15-12-26-16(17(15)23)11-22-8-6-18(19,20)7-9-22/h2-5,15-17,21,23H,6-12H2,1H3. The minimum Gasteiger partial charge on any atom is -0.389 e. The topological polar surface area (TPSA) is 78.9 Å². The van der Waals surface area contributed by atoms with E-state index in [2.05, 4.69) is 5.32 Å². The molecule has 9 heteroatoms. The van der Waals surface area contributed by atoms with Crippen LogP contribution in [0.1, 0.15) is 18.4 Å². The molecule has 3 atom stereocenters. The SMILES string of the molecule is CS(=O)(=O)c1ccc(CNC2COC(CN3CCC(F)(F)CC3)C2O)cc1. The lowest BCUT2D eigenvalue weighted by molar-refractivity contribution is -0.0674. The largest absolute Gasteiger partial charge is 0.389 e. The molecule has 27 heavy (non-hydrogen) atoms. The number of likely N-dealkylation sites (tertiary alicyclic amines) is 1. The van der Waals surface area contributed by atoms with Crippen molar-refractivity contribution in [2.24, 2.45) is 0 Å². The molecule has 2 saturated heterocycles. The molecule has 0 bridgehead atoms. The highest BCUT2D eigenvalue weighted by Gasteiger charge is 2.39. The lowest BCUT2D eigenvalue weighted by Crippen LogP contribution is -2.47. The van der Waals surface area contributed by atoms with E-state index in [-0.39, 0.29) is 23.8 Å². The molecule has 0 radical (unpaired) electrons. The molecule has 2 heterocycles. The van der Waals surface area contributed by atoms with Crippen molar-refractivity contribution in [2.45, 2.75) is 48.5 Å². The second-order valence-corrected chi connectivity index (χ2v) is 9.44. The van der Waals surface area contributed by atoms with Gasteiger partial charge in [-0.2, -0.15) is 0 Å². The number of alkyl halides is 2. The van der Waals surface area contributed by atoms with Gasteiger partial charge in [-0.05, 0) is 17.7 Å². The van der Waals surface area contributed by atoms with Crippen LogP contribution in [0.15, 0.2) is 29.2 Å². The van der Waals surface area contributed by atoms with Gasteiger partial charge in [0.15, 0.2) is 9.84 Å². The number of nitrogens with zero attached hydrogens (tertiary/aromatic N) is 1. The smallest absolute Gasteiger partial charge is 0.250 e. The molecular weight excluding hydrogens is 378 g/mol. The van der Waals surface area contributed by atoms with Gasteiger partial charge in [0.1, 0.15) is 0 Å². The summed E-state index contributed by atoms with van der Waals surface area (Å²) >= 11 is 0. The summed E-state index contributed by atoms with van der Waals surface area (Å²) in [5.41, 5.74) is 0.899. The summed E-state index contributed by atoms with van der Waals surface area (Å²) in [7, 11) is -3.22. The molecule has 2 N–H and O–H groups in total. The third-order valence-electron chi connectivity index (χ3n) is 5.23. The number of aliphatic hydroxyl groups is 1. The van der Waals surface area contributed by atoms with Crippen LogP contribution in [0.2, 0.25) is 0 Å². The predicted octanol–water partition coefficient (Wildman–Crippen LogP) is 1.04. The van der Waals surface area contributed by atoms with E-state index in [4.69, 9.17) is 4.74 Å². The molecular formula is C18H26F2N2O4S. The van der Waals surface area contributed by atoms with Gasteiger partial charge in [0.25, 0.3) is 5.92 Å². The van der Waals surface area contributed by atoms with Gasteiger partial charge in [-0.3, -0.25) is 0 Å². The zero-order chi connectivity index (χ0) is 19.7. The molecule has 0 aromatic heterocycles. The number of hydrogen-bond acceptors (Lipinski definition) is 6. The molecule has 2 fully saturated rings. The monoisotopic (exact) mass is 404 g/mol. The summed E-state index contributed by atoms with van der Waals surface area (Å²) in [6.45, 7) is 1.88. The Kier molecular flexibility index (Phi) is 6.17. The normalized spacial score (nSPS) is 29.1. The Morgan fingerprint density at radius 2 is 1.89 bits per heavy atom. The van der Waals surface area contributed by atoms with Crippen molar-refractivity contribution >= 4 is 9.84 Å². The van der Waals surface area contributed by atoms with Crippen LogP contribution in [0, 0.1) is 0 Å². The molecule has 0 amide bonds. The maximum absolute atomic E-state index is 13.2. The van der Waals surface area contributed by atoms with Crippen LogP contribution in [-0.2, 0) is 21.1 Å². The van der Waals surface area contributed by atoms with E-state index in [1.54, 1.807) is 24.3 Å². The van der Waals surface area contributed by atoms with Gasteiger partial charge in [0, 0.05) is 45.3 Å². The van der Waals surface area contributed by atoms with Gasteiger partial charge >= 0.3 is 0 Å². The summed E-state index contributed by atoms with van der Waals surface area (Å²) < 4.78 is 55.1. The second-order valence-electron chi connectivity index (χ2n) is 7.42. The van der Waals surface area contributed by atoms with Gasteiger partial charge in [0.2, 0.25) is 0 Å². The van der Waals surface area contributed by atoms with Crippen molar-refractivity contribution in [3.63, 3.8) is 0 Å². The highest BCUT2D eigenvalue weighted by molar-refractivity contribution is 7.90. The quantitative estimate of drug-likeness (QED) is 0.738. The third-order valence-corrected chi connectivity index (χ3v) is 6.36. The fourth-order valence-corrected chi connectivity index (χ4v) is 4.08. The van der Waals surface area contributed by atoms with Crippen molar-refractivity contribution in [1.82, 2.24) is 10.2 Å². The van der Waals surface area contributed by atoms with Crippen LogP contribution < -0.4 is 5.32 Å². The summed E-state index contributed by atoms with van der Waals surface area (Å²) in [5.74, 6) is -2.58. The van der Waals surface area contributed by atoms with Gasteiger partial charge in [-0.1, -0.05) is 12.1 Å². The van der Waals surface area contributed by atoms with Crippen molar-refractivity contribution in [3.05, 3.63) is 29.8 Å². The van der Waals surface area contributed by atoms with Crippen molar-refractivity contribution < 1.29 is 27.0 Å². The van der Waals surface area contributed by atoms with Crippen LogP contribution in [0.25, 0.3) is 0 Å². The highest BCUT2D eigenvalue weighted by atomic mass is 32.2. The van der Waals surface area contributed by atoms with Crippen LogP contribution >= 0.6 is 0 Å². The van der Waals surface area contributed by atoms with Crippen molar-refractivity contribution in [1.29, 1.82) is 0 Å². The summed E-state index contributed by atoms with van der Waals surface area (Å²) in [6, 6.07) is 6.33. The van der Waals surface area contributed by atoms with Crippen LogP contribution in [-0.4, -0.2) is 75.1 Å². The molecule has 3 unspecified atom stereocenters. The molecule has 6 nitrogen and oxygen atoms in total. The van der Waals surface area contributed by atoms with Crippen molar-refractivity contribution in [3.8, 4) is 0 Å². The Morgan fingerprint density at radius 1 is 1.26 bits per heavy atom. The second kappa shape index (κ2) is 8.08. The fourth-order valence-electron chi connectivity index (χ4n) is 3.44. The predicted molar refractivity (Wildman–Crippen MR) is 96.5 cm³/mol. The van der Waals surface area contributed by atoms with Crippen LogP contribution in [0.5, 0.6) is 0 Å². The first kappa shape index (κ1) is 20.6. The lowest BCUT2D eigenvalue weighted by Gasteiger charge is -2.33. The zero-order valence-electron chi connectivity index (χ0n) is 15.3. The number of hydrogen-bond donors (Lipinski definition) is 2. The summed E-state index contributed by atoms with van der Waals surface area (Å²) in [6.07, 6.45) is -0.262. The number of sulfone groups is 1. The first-order chi connectivity index (χ1) is 12.6. The number of rotatable bonds is 6. The number of aliphatic hydroxyl groups excluding tert-OH is 1. The number of benzene rings is 1. The molecule has 2 aliphatic rings. The molecule has 3 rings (SSSR count). The van der Waals surface area contributed by atoms with Crippen molar-refractivity contribution in [2.75, 3.05) is 32.5 Å². The first-order valence-electron chi connectivity index (χ1n) is 9.06. The van der Waals surface area contributed by atoms with Crippen LogP contribution in [0.3, 0.4) is 0 Å². The van der Waals surface area contributed by atoms with Gasteiger partial charge in [0.05, 0.1) is 29.8 Å². The van der Waals surface area contributed by atoms with Gasteiger partial charge in [-0.15, -0.1) is 0 Å². The fraction of sp³-hybridized carbons (Fsp3) is 0.667. The molecule has 0 spiro atoms. The van der Waals surface area contributed by atoms with E-state index in [1.165, 1.54) is 0 Å². The number of piperidine rings is 1. The van der Waals surface area contributed by atoms with E-state index in [0.29, 0.717) is 32.8 Å². The lowest BCUT2D eigenvalue weighted by atomic mass is 10.0. The Balaban J connectivity index is 1.47. The first-order valence-corrected chi connectivity index (χ1v) is 11.0. The number of nitrogens with one attached hydrogen (secondary N) is 1. The molecule has 152 valence electrons. The highest BCUT2D eigenvalue weighted by Crippen LogP contribution is 2.28. The molecule has 2 aliphatic heterocycles. The Bertz CT molecular complexity index is 732. The molecule has 0 saturated carbocycles. The average Bonchev–Trinajstić information content (AvgIpc) is 2.94. The Labute approximate surface area is 158 Å². The minimum atomic E-state index is -3.22. The zero-order valence-corrected chi connectivity index (χ0v) is 16.1. The van der Waals surface area contributed by atoms with E-state index in [0.717, 1.165) is 11.8 Å². The van der Waals surface area contributed by atoms with E-state index in [1.807, 2.05) is 4.90 Å². The summed E-state index contributed by atoms with van der Waals surface area (Å²) in [4.78, 5) is 2.18. The maximum atomic E-state index is 13.2. The van der Waals surface area contributed by atoms with Crippen LogP contribution in [0.4, 0.5) is 8.78 Å². The number of halogens is 2. The third kappa shape index (κ3) is 5.45. The average molecular weight is 404 g/mol. The Morgan fingerprint density at radius 3 is 2.48 bits per heavy atom. The van der Waals surface area contributed by atoms with Gasteiger partial charge in [-0.25, -0.2) is 17.2 Å². The molecule has 0 aliphatic carbocycles. The van der Waals surface area contributed by atoms with E-state index in [9.17, 15) is 22.3 Å².